The zero-order chi connectivity index (χ0) is 6.57. The quantitative estimate of drug-likeness (QED) is 0.435. The van der Waals surface area contributed by atoms with Crippen LogP contribution in [0.15, 0.2) is 11.8 Å². The summed E-state index contributed by atoms with van der Waals surface area (Å²) >= 11 is 0. The average Bonchev–Trinajstić information content (AvgIpc) is 1.67. The van der Waals surface area contributed by atoms with Crippen molar-refractivity contribution in [3.05, 3.63) is 11.8 Å². The number of hydrogen-bond acceptors (Lipinski definition) is 3. The Morgan fingerprint density at radius 1 is 1.75 bits per heavy atom. The number of nitrogens with two attached hydrogens (primary N) is 2. The van der Waals surface area contributed by atoms with Crippen LogP contribution in [0.1, 0.15) is 6.92 Å². The molecule has 0 aliphatic heterocycles. The van der Waals surface area contributed by atoms with Gasteiger partial charge in [-0.25, -0.2) is 0 Å². The molecule has 0 spiro atoms. The standard InChI is InChI=1S/C5H11N3/c1-4(7)5(8)2-3-6/h2,7H,3,6,8H2,1H3/b5-2-,7-4?. The minimum atomic E-state index is 0.371. The molecule has 0 radical (unpaired) electrons. The fraction of sp³-hybridized carbons (Fsp3) is 0.400. The third-order valence-corrected chi connectivity index (χ3v) is 0.771. The number of nitrogens with one attached hydrogen (secondary N) is 1. The Morgan fingerprint density at radius 2 is 2.25 bits per heavy atom. The fourth-order valence-corrected chi connectivity index (χ4v) is 0.280. The highest BCUT2D eigenvalue weighted by Crippen LogP contribution is 1.82. The van der Waals surface area contributed by atoms with Gasteiger partial charge in [-0.15, -0.1) is 0 Å². The summed E-state index contributed by atoms with van der Waals surface area (Å²) in [5.41, 5.74) is 11.2. The number of rotatable bonds is 2. The summed E-state index contributed by atoms with van der Waals surface area (Å²) in [6, 6.07) is 0. The molecule has 0 fully saturated rings. The Morgan fingerprint density at radius 3 is 2.38 bits per heavy atom. The second-order valence-electron chi connectivity index (χ2n) is 1.52. The lowest BCUT2D eigenvalue weighted by Crippen LogP contribution is -2.09. The van der Waals surface area contributed by atoms with E-state index in [1.807, 2.05) is 0 Å². The summed E-state index contributed by atoms with van der Waals surface area (Å²) < 4.78 is 0. The lowest BCUT2D eigenvalue weighted by molar-refractivity contribution is 1.22. The first-order valence-corrected chi connectivity index (χ1v) is 2.39. The molecule has 0 aliphatic rings. The Balaban J connectivity index is 3.80. The SMILES string of the molecule is CC(=N)/C(N)=C/CN. The van der Waals surface area contributed by atoms with Gasteiger partial charge in [0.15, 0.2) is 0 Å². The van der Waals surface area contributed by atoms with Crippen molar-refractivity contribution in [1.82, 2.24) is 0 Å². The Bertz CT molecular complexity index is 115. The molecule has 5 N–H and O–H groups in total. The molecule has 0 saturated heterocycles. The predicted octanol–water partition coefficient (Wildman–Crippen LogP) is -0.173. The summed E-state index contributed by atoms with van der Waals surface area (Å²) in [5, 5.41) is 6.95. The van der Waals surface area contributed by atoms with E-state index in [9.17, 15) is 0 Å². The van der Waals surface area contributed by atoms with Gasteiger partial charge in [0.2, 0.25) is 0 Å². The van der Waals surface area contributed by atoms with Gasteiger partial charge >= 0.3 is 0 Å². The molecule has 0 bridgehead atoms. The van der Waals surface area contributed by atoms with Gasteiger partial charge in [0, 0.05) is 12.2 Å². The summed E-state index contributed by atoms with van der Waals surface area (Å²) in [7, 11) is 0. The molecule has 8 heavy (non-hydrogen) atoms. The topological polar surface area (TPSA) is 75.9 Å². The predicted molar refractivity (Wildman–Crippen MR) is 34.7 cm³/mol. The van der Waals surface area contributed by atoms with E-state index in [1.54, 1.807) is 13.0 Å². The molecular formula is C5H11N3. The minimum absolute atomic E-state index is 0.371. The molecule has 0 aromatic rings. The van der Waals surface area contributed by atoms with Gasteiger partial charge in [0.05, 0.1) is 5.71 Å². The van der Waals surface area contributed by atoms with E-state index in [0.717, 1.165) is 0 Å². The van der Waals surface area contributed by atoms with E-state index in [1.165, 1.54) is 0 Å². The highest BCUT2D eigenvalue weighted by molar-refractivity contribution is 5.94. The summed E-state index contributed by atoms with van der Waals surface area (Å²) in [5.74, 6) is 0. The molecule has 0 rings (SSSR count). The van der Waals surface area contributed by atoms with Crippen LogP contribution in [0.5, 0.6) is 0 Å². The monoisotopic (exact) mass is 113 g/mol. The van der Waals surface area contributed by atoms with Gasteiger partial charge in [-0.05, 0) is 13.0 Å². The van der Waals surface area contributed by atoms with Crippen LogP contribution in [-0.2, 0) is 0 Å². The highest BCUT2D eigenvalue weighted by atomic mass is 14.6. The normalized spacial score (nSPS) is 11.5. The van der Waals surface area contributed by atoms with Crippen molar-refractivity contribution in [2.45, 2.75) is 6.92 Å². The van der Waals surface area contributed by atoms with Crippen molar-refractivity contribution in [2.24, 2.45) is 11.5 Å². The lowest BCUT2D eigenvalue weighted by atomic mass is 10.3. The molecule has 0 aromatic heterocycles. The lowest BCUT2D eigenvalue weighted by Gasteiger charge is -1.92. The molecule has 46 valence electrons. The maximum Gasteiger partial charge on any atom is 0.0509 e. The average molecular weight is 113 g/mol. The highest BCUT2D eigenvalue weighted by Gasteiger charge is 1.87. The van der Waals surface area contributed by atoms with Crippen molar-refractivity contribution >= 4 is 5.71 Å². The van der Waals surface area contributed by atoms with Crippen LogP contribution in [-0.4, -0.2) is 12.3 Å². The summed E-state index contributed by atoms with van der Waals surface area (Å²) in [6.45, 7) is 2.03. The van der Waals surface area contributed by atoms with Crippen LogP contribution in [0, 0.1) is 5.41 Å². The fourth-order valence-electron chi connectivity index (χ4n) is 0.280. The van der Waals surface area contributed by atoms with E-state index in [0.29, 0.717) is 18.0 Å². The maximum atomic E-state index is 6.95. The van der Waals surface area contributed by atoms with E-state index >= 15 is 0 Å². The van der Waals surface area contributed by atoms with E-state index < -0.39 is 0 Å². The second kappa shape index (κ2) is 3.21. The van der Waals surface area contributed by atoms with Crippen molar-refractivity contribution in [3.63, 3.8) is 0 Å². The van der Waals surface area contributed by atoms with Crippen LogP contribution < -0.4 is 11.5 Å². The van der Waals surface area contributed by atoms with Crippen LogP contribution in [0.3, 0.4) is 0 Å². The smallest absolute Gasteiger partial charge is 0.0509 e. The van der Waals surface area contributed by atoms with Gasteiger partial charge in [0.1, 0.15) is 0 Å². The van der Waals surface area contributed by atoms with E-state index in [4.69, 9.17) is 16.9 Å². The largest absolute Gasteiger partial charge is 0.398 e. The molecule has 0 unspecified atom stereocenters. The van der Waals surface area contributed by atoms with Gasteiger partial charge in [0.25, 0.3) is 0 Å². The molecule has 0 aromatic carbocycles. The number of hydrogen-bond donors (Lipinski definition) is 3. The first-order chi connectivity index (χ1) is 3.68. The van der Waals surface area contributed by atoms with E-state index in [-0.39, 0.29) is 0 Å². The van der Waals surface area contributed by atoms with Crippen molar-refractivity contribution < 1.29 is 0 Å². The molecular weight excluding hydrogens is 102 g/mol. The zero-order valence-corrected chi connectivity index (χ0v) is 4.94. The van der Waals surface area contributed by atoms with Crippen molar-refractivity contribution in [3.8, 4) is 0 Å². The molecule has 0 amide bonds. The minimum Gasteiger partial charge on any atom is -0.398 e. The molecule has 0 aliphatic carbocycles. The zero-order valence-electron chi connectivity index (χ0n) is 4.94. The maximum absolute atomic E-state index is 6.95. The van der Waals surface area contributed by atoms with Gasteiger partial charge in [-0.3, -0.25) is 0 Å². The molecule has 0 saturated carbocycles. The molecule has 0 atom stereocenters. The Kier molecular flexibility index (Phi) is 2.88. The second-order valence-corrected chi connectivity index (χ2v) is 1.52. The van der Waals surface area contributed by atoms with Gasteiger partial charge in [-0.2, -0.15) is 0 Å². The van der Waals surface area contributed by atoms with Crippen LogP contribution in [0.4, 0.5) is 0 Å². The molecule has 3 nitrogen and oxygen atoms in total. The van der Waals surface area contributed by atoms with Crippen LogP contribution in [0.2, 0.25) is 0 Å². The third-order valence-electron chi connectivity index (χ3n) is 0.771. The third kappa shape index (κ3) is 2.36. The Labute approximate surface area is 48.9 Å². The van der Waals surface area contributed by atoms with E-state index in [2.05, 4.69) is 0 Å². The van der Waals surface area contributed by atoms with Crippen molar-refractivity contribution in [1.29, 1.82) is 5.41 Å². The van der Waals surface area contributed by atoms with Crippen LogP contribution >= 0.6 is 0 Å². The molecule has 0 heterocycles. The molecule has 3 heteroatoms. The van der Waals surface area contributed by atoms with Gasteiger partial charge < -0.3 is 16.9 Å². The number of allylic oxidation sites excluding steroid dienone is 1. The van der Waals surface area contributed by atoms with Crippen LogP contribution in [0.25, 0.3) is 0 Å². The first-order valence-electron chi connectivity index (χ1n) is 2.39. The Hall–Kier alpha value is -0.830. The van der Waals surface area contributed by atoms with Gasteiger partial charge in [-0.1, -0.05) is 0 Å². The van der Waals surface area contributed by atoms with Crippen molar-refractivity contribution in [2.75, 3.05) is 6.54 Å². The first kappa shape index (κ1) is 7.17. The summed E-state index contributed by atoms with van der Waals surface area (Å²) in [6.07, 6.45) is 1.61. The summed E-state index contributed by atoms with van der Waals surface area (Å²) in [4.78, 5) is 0.